The highest BCUT2D eigenvalue weighted by molar-refractivity contribution is 5.76. The molecule has 0 aromatic carbocycles. The zero-order chi connectivity index (χ0) is 10.8. The molecule has 0 saturated heterocycles. The molecule has 0 amide bonds. The molecule has 0 fully saturated rings. The number of hydrogen-bond donors (Lipinski definition) is 2. The van der Waals surface area contributed by atoms with Crippen LogP contribution in [-0.2, 0) is 0 Å². The molecule has 3 N–H and O–H groups in total. The van der Waals surface area contributed by atoms with Crippen LogP contribution in [0.1, 0.15) is 46.0 Å². The smallest absolute Gasteiger partial charge is 0.0918 e. The summed E-state index contributed by atoms with van der Waals surface area (Å²) in [6.07, 6.45) is 5.70. The predicted octanol–water partition coefficient (Wildman–Crippen LogP) is 2.21. The Morgan fingerprint density at radius 3 is 1.93 bits per heavy atom. The number of amidine groups is 1. The predicted molar refractivity (Wildman–Crippen MR) is 62.8 cm³/mol. The van der Waals surface area contributed by atoms with E-state index >= 15 is 0 Å². The van der Waals surface area contributed by atoms with Crippen LogP contribution in [0.4, 0.5) is 0 Å². The minimum absolute atomic E-state index is 0.308. The summed E-state index contributed by atoms with van der Waals surface area (Å²) in [6.45, 7) is 7.69. The number of nitrogens with one attached hydrogen (secondary N) is 1. The zero-order valence-electron chi connectivity index (χ0n) is 9.68. The average molecular weight is 199 g/mol. The summed E-state index contributed by atoms with van der Waals surface area (Å²) in [5, 5.41) is 7.19. The van der Waals surface area contributed by atoms with Crippen LogP contribution in [0.15, 0.2) is 0 Å². The molecule has 84 valence electrons. The van der Waals surface area contributed by atoms with Crippen molar-refractivity contribution < 1.29 is 0 Å². The van der Waals surface area contributed by atoms with E-state index in [1.54, 1.807) is 0 Å². The number of nitrogens with two attached hydrogens (primary N) is 1. The zero-order valence-corrected chi connectivity index (χ0v) is 9.68. The third-order valence-electron chi connectivity index (χ3n) is 2.35. The summed E-state index contributed by atoms with van der Waals surface area (Å²) in [5.74, 6) is 0.308. The molecule has 0 atom stereocenters. The van der Waals surface area contributed by atoms with Crippen molar-refractivity contribution in [2.45, 2.75) is 46.0 Å². The third kappa shape index (κ3) is 8.05. The first-order chi connectivity index (χ1) is 6.70. The third-order valence-corrected chi connectivity index (χ3v) is 2.35. The Labute approximate surface area is 88.2 Å². The van der Waals surface area contributed by atoms with Gasteiger partial charge in [0.15, 0.2) is 0 Å². The Hall–Kier alpha value is -0.570. The molecule has 0 spiro atoms. The lowest BCUT2D eigenvalue weighted by Gasteiger charge is -2.21. The molecule has 0 aromatic heterocycles. The van der Waals surface area contributed by atoms with Gasteiger partial charge in [-0.1, -0.05) is 26.7 Å². The molecule has 0 aliphatic heterocycles. The fourth-order valence-electron chi connectivity index (χ4n) is 1.38. The molecular weight excluding hydrogens is 174 g/mol. The van der Waals surface area contributed by atoms with Crippen LogP contribution in [0.25, 0.3) is 0 Å². The van der Waals surface area contributed by atoms with E-state index in [1.165, 1.54) is 25.7 Å². The minimum Gasteiger partial charge on any atom is -0.388 e. The van der Waals surface area contributed by atoms with Gasteiger partial charge in [-0.3, -0.25) is 5.41 Å². The fraction of sp³-hybridized carbons (Fsp3) is 0.909. The van der Waals surface area contributed by atoms with E-state index < -0.39 is 0 Å². The fourth-order valence-corrected chi connectivity index (χ4v) is 1.38. The van der Waals surface area contributed by atoms with E-state index in [-0.39, 0.29) is 0 Å². The van der Waals surface area contributed by atoms with Gasteiger partial charge in [-0.05, 0) is 25.9 Å². The van der Waals surface area contributed by atoms with E-state index in [4.69, 9.17) is 11.1 Å². The van der Waals surface area contributed by atoms with Gasteiger partial charge in [-0.2, -0.15) is 0 Å². The van der Waals surface area contributed by atoms with Crippen molar-refractivity contribution in [1.29, 1.82) is 5.41 Å². The maximum atomic E-state index is 7.19. The Bertz CT molecular complexity index is 137. The molecular formula is C11H25N3. The summed E-state index contributed by atoms with van der Waals surface area (Å²) >= 11 is 0. The van der Waals surface area contributed by atoms with E-state index in [0.29, 0.717) is 12.3 Å². The molecule has 0 aliphatic rings. The van der Waals surface area contributed by atoms with E-state index in [9.17, 15) is 0 Å². The van der Waals surface area contributed by atoms with Gasteiger partial charge in [0.05, 0.1) is 5.84 Å². The van der Waals surface area contributed by atoms with Crippen LogP contribution >= 0.6 is 0 Å². The first-order valence-electron chi connectivity index (χ1n) is 5.76. The Morgan fingerprint density at radius 2 is 1.57 bits per heavy atom. The maximum absolute atomic E-state index is 7.19. The Kier molecular flexibility index (Phi) is 8.64. The molecule has 0 saturated carbocycles. The summed E-state index contributed by atoms with van der Waals surface area (Å²) in [4.78, 5) is 2.43. The van der Waals surface area contributed by atoms with Crippen LogP contribution < -0.4 is 5.73 Å². The average Bonchev–Trinajstić information content (AvgIpc) is 2.16. The van der Waals surface area contributed by atoms with Gasteiger partial charge in [-0.25, -0.2) is 0 Å². The van der Waals surface area contributed by atoms with Crippen molar-refractivity contribution in [3.05, 3.63) is 0 Å². The summed E-state index contributed by atoms with van der Waals surface area (Å²) in [7, 11) is 0. The molecule has 0 unspecified atom stereocenters. The molecule has 3 nitrogen and oxygen atoms in total. The van der Waals surface area contributed by atoms with Crippen molar-refractivity contribution >= 4 is 5.84 Å². The van der Waals surface area contributed by atoms with Crippen LogP contribution in [0.2, 0.25) is 0 Å². The quantitative estimate of drug-likeness (QED) is 0.442. The van der Waals surface area contributed by atoms with Gasteiger partial charge >= 0.3 is 0 Å². The SMILES string of the molecule is CCCCN(CCCC)CCC(=N)N. The molecule has 0 bridgehead atoms. The van der Waals surface area contributed by atoms with E-state index in [2.05, 4.69) is 18.7 Å². The van der Waals surface area contributed by atoms with Crippen LogP contribution in [-0.4, -0.2) is 30.4 Å². The van der Waals surface area contributed by atoms with Crippen molar-refractivity contribution in [2.24, 2.45) is 5.73 Å². The second-order valence-corrected chi connectivity index (χ2v) is 3.82. The Balaban J connectivity index is 3.65. The first-order valence-corrected chi connectivity index (χ1v) is 5.76. The van der Waals surface area contributed by atoms with Gasteiger partial charge in [-0.15, -0.1) is 0 Å². The number of nitrogens with zero attached hydrogens (tertiary/aromatic N) is 1. The van der Waals surface area contributed by atoms with Crippen molar-refractivity contribution in [2.75, 3.05) is 19.6 Å². The lowest BCUT2D eigenvalue weighted by Crippen LogP contribution is -2.29. The highest BCUT2D eigenvalue weighted by atomic mass is 15.1. The largest absolute Gasteiger partial charge is 0.388 e. The van der Waals surface area contributed by atoms with Gasteiger partial charge in [0, 0.05) is 13.0 Å². The molecule has 0 aromatic rings. The van der Waals surface area contributed by atoms with Crippen LogP contribution in [0.3, 0.4) is 0 Å². The topological polar surface area (TPSA) is 53.1 Å². The monoisotopic (exact) mass is 199 g/mol. The van der Waals surface area contributed by atoms with Crippen LogP contribution in [0, 0.1) is 5.41 Å². The van der Waals surface area contributed by atoms with Crippen LogP contribution in [0.5, 0.6) is 0 Å². The normalized spacial score (nSPS) is 10.8. The Morgan fingerprint density at radius 1 is 1.07 bits per heavy atom. The summed E-state index contributed by atoms with van der Waals surface area (Å²) < 4.78 is 0. The lowest BCUT2D eigenvalue weighted by atomic mass is 10.2. The van der Waals surface area contributed by atoms with Crippen molar-refractivity contribution in [3.63, 3.8) is 0 Å². The highest BCUT2D eigenvalue weighted by Crippen LogP contribution is 2.00. The number of unbranched alkanes of at least 4 members (excludes halogenated alkanes) is 2. The van der Waals surface area contributed by atoms with E-state index in [1.807, 2.05) is 0 Å². The van der Waals surface area contributed by atoms with Gasteiger partial charge in [0.25, 0.3) is 0 Å². The molecule has 0 aliphatic carbocycles. The van der Waals surface area contributed by atoms with Gasteiger partial charge in [0.2, 0.25) is 0 Å². The molecule has 0 radical (unpaired) electrons. The van der Waals surface area contributed by atoms with Crippen molar-refractivity contribution in [1.82, 2.24) is 4.90 Å². The highest BCUT2D eigenvalue weighted by Gasteiger charge is 2.03. The lowest BCUT2D eigenvalue weighted by molar-refractivity contribution is 0.272. The standard InChI is InChI=1S/C11H25N3/c1-3-5-8-14(9-6-4-2)10-7-11(12)13/h3-10H2,1-2H3,(H3,12,13). The van der Waals surface area contributed by atoms with Gasteiger partial charge < -0.3 is 10.6 Å². The first kappa shape index (κ1) is 13.4. The number of hydrogen-bond acceptors (Lipinski definition) is 2. The van der Waals surface area contributed by atoms with E-state index in [0.717, 1.165) is 19.6 Å². The van der Waals surface area contributed by atoms with Crippen molar-refractivity contribution in [3.8, 4) is 0 Å². The second-order valence-electron chi connectivity index (χ2n) is 3.82. The molecule has 3 heteroatoms. The summed E-state index contributed by atoms with van der Waals surface area (Å²) in [6, 6.07) is 0. The summed E-state index contributed by atoms with van der Waals surface area (Å²) in [5.41, 5.74) is 5.35. The second kappa shape index (κ2) is 9.00. The maximum Gasteiger partial charge on any atom is 0.0918 e. The molecule has 0 rings (SSSR count). The minimum atomic E-state index is 0.308. The molecule has 14 heavy (non-hydrogen) atoms. The number of rotatable bonds is 9. The molecule has 0 heterocycles. The van der Waals surface area contributed by atoms with Gasteiger partial charge in [0.1, 0.15) is 0 Å².